The highest BCUT2D eigenvalue weighted by atomic mass is 16.3. The van der Waals surface area contributed by atoms with Gasteiger partial charge in [0.2, 0.25) is 0 Å². The molecule has 0 saturated carbocycles. The Balaban J connectivity index is 1.44. The smallest absolute Gasteiger partial charge is 0.123 e. The first-order valence-electron chi connectivity index (χ1n) is 13.2. The van der Waals surface area contributed by atoms with Crippen LogP contribution < -0.4 is 0 Å². The third kappa shape index (κ3) is 3.89. The summed E-state index contributed by atoms with van der Waals surface area (Å²) in [6.07, 6.45) is 0. The maximum Gasteiger partial charge on any atom is 0.123 e. The van der Waals surface area contributed by atoms with Crippen LogP contribution in [0.15, 0.2) is 140 Å². The minimum absolute atomic E-state index is 0.00411. The number of aromatic hydroxyl groups is 2. The van der Waals surface area contributed by atoms with E-state index in [-0.39, 0.29) is 17.4 Å². The minimum Gasteiger partial charge on any atom is -0.507 e. The van der Waals surface area contributed by atoms with Crippen LogP contribution in [-0.4, -0.2) is 10.2 Å². The van der Waals surface area contributed by atoms with Gasteiger partial charge in [-0.2, -0.15) is 0 Å². The van der Waals surface area contributed by atoms with Gasteiger partial charge >= 0.3 is 0 Å². The first-order chi connectivity index (χ1) is 19.2. The highest BCUT2D eigenvalue weighted by Crippen LogP contribution is 2.52. The number of hydrogen-bond acceptors (Lipinski definition) is 2. The van der Waals surface area contributed by atoms with Crippen LogP contribution in [0, 0.1) is 0 Å². The summed E-state index contributed by atoms with van der Waals surface area (Å²) in [5, 5.41) is 21.5. The molecule has 2 nitrogen and oxygen atoms in total. The van der Waals surface area contributed by atoms with Gasteiger partial charge in [0.1, 0.15) is 11.5 Å². The van der Waals surface area contributed by atoms with Crippen LogP contribution in [0.2, 0.25) is 0 Å². The number of phenols is 2. The standard InChI is InChI=1S/C37H26O2/c38-34-20-18-26(22-32(34)24-10-3-1-4-11-24)28-16-9-17-31-29-14-7-8-15-30(29)36(37(28)31)27-19-21-35(39)33(23-27)25-12-5-2-6-13-25/h1-23,36,38-39H. The van der Waals surface area contributed by atoms with E-state index in [1.54, 1.807) is 6.07 Å². The van der Waals surface area contributed by atoms with Gasteiger partial charge in [0.25, 0.3) is 0 Å². The topological polar surface area (TPSA) is 40.5 Å². The molecule has 1 aliphatic rings. The lowest BCUT2D eigenvalue weighted by molar-refractivity contribution is 0.476. The van der Waals surface area contributed by atoms with Crippen LogP contribution in [0.3, 0.4) is 0 Å². The molecule has 2 N–H and O–H groups in total. The van der Waals surface area contributed by atoms with Crippen molar-refractivity contribution < 1.29 is 10.2 Å². The van der Waals surface area contributed by atoms with Gasteiger partial charge in [-0.25, -0.2) is 0 Å². The van der Waals surface area contributed by atoms with Gasteiger partial charge in [0.05, 0.1) is 0 Å². The van der Waals surface area contributed by atoms with Crippen molar-refractivity contribution in [1.82, 2.24) is 0 Å². The Morgan fingerprint density at radius 2 is 0.949 bits per heavy atom. The zero-order valence-electron chi connectivity index (χ0n) is 21.3. The fourth-order valence-electron chi connectivity index (χ4n) is 5.99. The third-order valence-corrected chi connectivity index (χ3v) is 7.79. The minimum atomic E-state index is 0.00411. The second-order valence-electron chi connectivity index (χ2n) is 10.0. The molecule has 6 aromatic carbocycles. The molecule has 0 bridgehead atoms. The molecule has 0 saturated heterocycles. The highest BCUT2D eigenvalue weighted by molar-refractivity contribution is 5.90. The van der Waals surface area contributed by atoms with E-state index in [2.05, 4.69) is 54.6 Å². The van der Waals surface area contributed by atoms with E-state index < -0.39 is 0 Å². The summed E-state index contributed by atoms with van der Waals surface area (Å²) in [5.41, 5.74) is 11.9. The molecule has 0 aromatic heterocycles. The zero-order valence-corrected chi connectivity index (χ0v) is 21.3. The van der Waals surface area contributed by atoms with Crippen molar-refractivity contribution >= 4 is 0 Å². The van der Waals surface area contributed by atoms with Crippen molar-refractivity contribution in [3.63, 3.8) is 0 Å². The molecular weight excluding hydrogens is 476 g/mol. The Hall–Kier alpha value is -5.08. The summed E-state index contributed by atoms with van der Waals surface area (Å²) in [6.45, 7) is 0. The number of benzene rings is 6. The number of phenolic OH excluding ortho intramolecular Hbond substituents is 2. The lowest BCUT2D eigenvalue weighted by atomic mass is 9.83. The normalized spacial score (nSPS) is 13.6. The molecule has 2 heteroatoms. The van der Waals surface area contributed by atoms with E-state index in [0.717, 1.165) is 38.9 Å². The Morgan fingerprint density at radius 3 is 1.67 bits per heavy atom. The Kier molecular flexibility index (Phi) is 5.53. The lowest BCUT2D eigenvalue weighted by Crippen LogP contribution is -2.02. The maximum absolute atomic E-state index is 10.8. The van der Waals surface area contributed by atoms with Crippen molar-refractivity contribution in [2.24, 2.45) is 0 Å². The molecule has 186 valence electrons. The number of hydrogen-bond donors (Lipinski definition) is 2. The molecule has 0 spiro atoms. The first kappa shape index (κ1) is 23.1. The van der Waals surface area contributed by atoms with E-state index in [4.69, 9.17) is 0 Å². The predicted octanol–water partition coefficient (Wildman–Crippen LogP) is 9.26. The van der Waals surface area contributed by atoms with E-state index in [1.165, 1.54) is 22.3 Å². The third-order valence-electron chi connectivity index (χ3n) is 7.79. The van der Waals surface area contributed by atoms with Crippen molar-refractivity contribution in [1.29, 1.82) is 0 Å². The van der Waals surface area contributed by atoms with Crippen molar-refractivity contribution in [2.45, 2.75) is 5.92 Å². The summed E-state index contributed by atoms with van der Waals surface area (Å²) in [6, 6.07) is 47.0. The highest BCUT2D eigenvalue weighted by Gasteiger charge is 2.32. The van der Waals surface area contributed by atoms with E-state index in [9.17, 15) is 10.2 Å². The predicted molar refractivity (Wildman–Crippen MR) is 159 cm³/mol. The van der Waals surface area contributed by atoms with Crippen LogP contribution >= 0.6 is 0 Å². The summed E-state index contributed by atoms with van der Waals surface area (Å²) >= 11 is 0. The number of rotatable bonds is 4. The largest absolute Gasteiger partial charge is 0.507 e. The summed E-state index contributed by atoms with van der Waals surface area (Å²) in [7, 11) is 0. The SMILES string of the molecule is Oc1ccc(-c2cccc3c2C(c2ccc(O)c(-c4ccccc4)c2)c2ccccc2-3)cc1-c1ccccc1. The molecule has 7 rings (SSSR count). The lowest BCUT2D eigenvalue weighted by Gasteiger charge is -2.20. The number of fused-ring (bicyclic) bond motifs is 3. The Morgan fingerprint density at radius 1 is 0.385 bits per heavy atom. The van der Waals surface area contributed by atoms with Crippen molar-refractivity contribution in [3.8, 4) is 56.0 Å². The van der Waals surface area contributed by atoms with Gasteiger partial charge in [-0.05, 0) is 74.3 Å². The summed E-state index contributed by atoms with van der Waals surface area (Å²) < 4.78 is 0. The van der Waals surface area contributed by atoms with E-state index in [1.807, 2.05) is 78.9 Å². The van der Waals surface area contributed by atoms with Gasteiger partial charge in [0, 0.05) is 17.0 Å². The van der Waals surface area contributed by atoms with Crippen LogP contribution in [0.1, 0.15) is 22.6 Å². The molecule has 0 amide bonds. The van der Waals surface area contributed by atoms with Crippen LogP contribution in [0.4, 0.5) is 0 Å². The van der Waals surface area contributed by atoms with Crippen molar-refractivity contribution in [3.05, 3.63) is 156 Å². The van der Waals surface area contributed by atoms with Gasteiger partial charge in [-0.1, -0.05) is 115 Å². The van der Waals surface area contributed by atoms with Gasteiger partial charge in [0.15, 0.2) is 0 Å². The molecule has 0 heterocycles. The summed E-state index contributed by atoms with van der Waals surface area (Å²) in [4.78, 5) is 0. The molecule has 0 radical (unpaired) electrons. The van der Waals surface area contributed by atoms with Crippen LogP contribution in [0.25, 0.3) is 44.5 Å². The van der Waals surface area contributed by atoms with Gasteiger partial charge in [-0.15, -0.1) is 0 Å². The maximum atomic E-state index is 10.8. The quantitative estimate of drug-likeness (QED) is 0.252. The first-order valence-corrected chi connectivity index (χ1v) is 13.2. The Labute approximate surface area is 228 Å². The molecule has 1 atom stereocenters. The van der Waals surface area contributed by atoms with E-state index in [0.29, 0.717) is 0 Å². The summed E-state index contributed by atoms with van der Waals surface area (Å²) in [5.74, 6) is 0.545. The molecular formula is C37H26O2. The zero-order chi connectivity index (χ0) is 26.3. The Bertz CT molecular complexity index is 1820. The monoisotopic (exact) mass is 502 g/mol. The van der Waals surface area contributed by atoms with Crippen LogP contribution in [0.5, 0.6) is 11.5 Å². The average Bonchev–Trinajstić information content (AvgIpc) is 3.33. The van der Waals surface area contributed by atoms with E-state index >= 15 is 0 Å². The van der Waals surface area contributed by atoms with Crippen LogP contribution in [-0.2, 0) is 0 Å². The second-order valence-corrected chi connectivity index (χ2v) is 10.0. The molecule has 1 aliphatic carbocycles. The molecule has 1 unspecified atom stereocenters. The molecule has 0 fully saturated rings. The second kappa shape index (κ2) is 9.34. The molecule has 6 aromatic rings. The molecule has 39 heavy (non-hydrogen) atoms. The van der Waals surface area contributed by atoms with Gasteiger partial charge in [-0.3, -0.25) is 0 Å². The fraction of sp³-hybridized carbons (Fsp3) is 0.0270. The molecule has 0 aliphatic heterocycles. The fourth-order valence-corrected chi connectivity index (χ4v) is 5.99. The van der Waals surface area contributed by atoms with Gasteiger partial charge < -0.3 is 10.2 Å². The van der Waals surface area contributed by atoms with Crippen molar-refractivity contribution in [2.75, 3.05) is 0 Å². The average molecular weight is 503 g/mol.